The fourth-order valence-corrected chi connectivity index (χ4v) is 4.20. The number of nitrogens with zero attached hydrogens (tertiary/aromatic N) is 4. The Bertz CT molecular complexity index is 1240. The van der Waals surface area contributed by atoms with Gasteiger partial charge in [0, 0.05) is 43.0 Å². The number of aromatic nitrogens is 2. The molecule has 0 spiro atoms. The minimum Gasteiger partial charge on any atom is -0.472 e. The molecule has 1 N–H and O–H groups in total. The highest BCUT2D eigenvalue weighted by Crippen LogP contribution is 2.31. The van der Waals surface area contributed by atoms with Crippen molar-refractivity contribution >= 4 is 11.8 Å². The number of benzene rings is 1. The summed E-state index contributed by atoms with van der Waals surface area (Å²) in [6.45, 7) is 3.97. The van der Waals surface area contributed by atoms with Gasteiger partial charge in [0.05, 0.1) is 19.2 Å². The van der Waals surface area contributed by atoms with Crippen LogP contribution in [-0.2, 0) is 0 Å². The molecule has 2 aromatic heterocycles. The van der Waals surface area contributed by atoms with Gasteiger partial charge in [-0.25, -0.2) is 9.37 Å². The summed E-state index contributed by atoms with van der Waals surface area (Å²) < 4.78 is 20.7. The summed E-state index contributed by atoms with van der Waals surface area (Å²) in [6, 6.07) is 12.5. The lowest BCUT2D eigenvalue weighted by atomic mass is 9.99. The highest BCUT2D eigenvalue weighted by Gasteiger charge is 2.35. The van der Waals surface area contributed by atoms with Gasteiger partial charge in [0.15, 0.2) is 0 Å². The van der Waals surface area contributed by atoms with Gasteiger partial charge in [0.25, 0.3) is 11.8 Å². The standard InChI is InChI=1S/C27H29FN4O4/c1-17-14-32(18(2)16-33)26(34)21-12-19(20-8-4-5-9-22(20)28)13-30-25(21)36-24(17)15-31(3)27(35)23-10-6-7-11-29-23/h4-13,17-18,24,33H,14-16H2,1-3H3/t17-,18-,24-/m0/s1. The van der Waals surface area contributed by atoms with Crippen LogP contribution in [0.15, 0.2) is 60.9 Å². The zero-order valence-corrected chi connectivity index (χ0v) is 20.5. The number of rotatable bonds is 6. The summed E-state index contributed by atoms with van der Waals surface area (Å²) >= 11 is 0. The molecule has 1 aliphatic heterocycles. The molecule has 1 aliphatic rings. The Balaban J connectivity index is 1.70. The van der Waals surface area contributed by atoms with Crippen molar-refractivity contribution in [3.8, 4) is 17.0 Å². The normalized spacial score (nSPS) is 18.5. The van der Waals surface area contributed by atoms with Gasteiger partial charge < -0.3 is 19.6 Å². The molecule has 3 heterocycles. The number of carbonyl (C=O) groups is 2. The van der Waals surface area contributed by atoms with Gasteiger partial charge in [-0.2, -0.15) is 0 Å². The molecule has 9 heteroatoms. The average molecular weight is 493 g/mol. The maximum absolute atomic E-state index is 14.5. The molecule has 0 radical (unpaired) electrons. The summed E-state index contributed by atoms with van der Waals surface area (Å²) in [6.07, 6.45) is 2.52. The number of halogens is 1. The summed E-state index contributed by atoms with van der Waals surface area (Å²) in [5, 5.41) is 9.83. The molecular formula is C27H29FN4O4. The first-order chi connectivity index (χ1) is 17.3. The molecule has 0 fully saturated rings. The highest BCUT2D eigenvalue weighted by atomic mass is 19.1. The van der Waals surface area contributed by atoms with Crippen molar-refractivity contribution in [2.24, 2.45) is 5.92 Å². The van der Waals surface area contributed by atoms with Crippen LogP contribution in [-0.4, -0.2) is 75.6 Å². The Morgan fingerprint density at radius 2 is 1.97 bits per heavy atom. The van der Waals surface area contributed by atoms with Crippen LogP contribution in [0.3, 0.4) is 0 Å². The molecule has 1 aromatic carbocycles. The zero-order valence-electron chi connectivity index (χ0n) is 20.5. The van der Waals surface area contributed by atoms with Crippen LogP contribution in [0.1, 0.15) is 34.7 Å². The Kier molecular flexibility index (Phi) is 7.59. The fraction of sp³-hybridized carbons (Fsp3) is 0.333. The van der Waals surface area contributed by atoms with E-state index in [-0.39, 0.29) is 42.3 Å². The topological polar surface area (TPSA) is 95.9 Å². The molecule has 188 valence electrons. The molecule has 3 aromatic rings. The lowest BCUT2D eigenvalue weighted by molar-refractivity contribution is 0.0312. The van der Waals surface area contributed by atoms with Crippen LogP contribution >= 0.6 is 0 Å². The Labute approximate surface area is 209 Å². The van der Waals surface area contributed by atoms with Gasteiger partial charge in [-0.15, -0.1) is 0 Å². The molecule has 0 saturated carbocycles. The summed E-state index contributed by atoms with van der Waals surface area (Å²) in [7, 11) is 1.67. The smallest absolute Gasteiger partial charge is 0.272 e. The third-order valence-corrected chi connectivity index (χ3v) is 6.39. The number of aliphatic hydroxyl groups is 1. The predicted molar refractivity (Wildman–Crippen MR) is 132 cm³/mol. The van der Waals surface area contributed by atoms with Crippen LogP contribution in [0.2, 0.25) is 0 Å². The quantitative estimate of drug-likeness (QED) is 0.568. The minimum atomic E-state index is -0.505. The van der Waals surface area contributed by atoms with Crippen molar-refractivity contribution in [3.63, 3.8) is 0 Å². The van der Waals surface area contributed by atoms with Crippen molar-refractivity contribution in [1.29, 1.82) is 0 Å². The molecule has 4 rings (SSSR count). The van der Waals surface area contributed by atoms with Crippen molar-refractivity contribution in [1.82, 2.24) is 19.8 Å². The Morgan fingerprint density at radius 1 is 1.22 bits per heavy atom. The number of amides is 2. The fourth-order valence-electron chi connectivity index (χ4n) is 4.20. The average Bonchev–Trinajstić information content (AvgIpc) is 2.90. The van der Waals surface area contributed by atoms with E-state index in [1.165, 1.54) is 17.2 Å². The van der Waals surface area contributed by atoms with Gasteiger partial charge in [-0.05, 0) is 31.2 Å². The van der Waals surface area contributed by atoms with Crippen molar-refractivity contribution in [2.45, 2.75) is 26.0 Å². The van der Waals surface area contributed by atoms with Gasteiger partial charge in [-0.3, -0.25) is 14.6 Å². The van der Waals surface area contributed by atoms with Crippen LogP contribution in [0.4, 0.5) is 4.39 Å². The number of hydrogen-bond donors (Lipinski definition) is 1. The highest BCUT2D eigenvalue weighted by molar-refractivity contribution is 5.98. The van der Waals surface area contributed by atoms with Gasteiger partial charge >= 0.3 is 0 Å². The maximum atomic E-state index is 14.5. The van der Waals surface area contributed by atoms with E-state index in [4.69, 9.17) is 4.74 Å². The van der Waals surface area contributed by atoms with E-state index in [0.717, 1.165) is 0 Å². The third-order valence-electron chi connectivity index (χ3n) is 6.39. The third kappa shape index (κ3) is 5.21. The second-order valence-electron chi connectivity index (χ2n) is 9.08. The van der Waals surface area contributed by atoms with E-state index in [9.17, 15) is 19.1 Å². The molecule has 0 saturated heterocycles. The van der Waals surface area contributed by atoms with Gasteiger partial charge in [-0.1, -0.05) is 31.2 Å². The van der Waals surface area contributed by atoms with E-state index in [1.807, 2.05) is 6.92 Å². The second-order valence-corrected chi connectivity index (χ2v) is 9.08. The molecule has 0 unspecified atom stereocenters. The van der Waals surface area contributed by atoms with E-state index in [1.54, 1.807) is 67.5 Å². The van der Waals surface area contributed by atoms with E-state index in [0.29, 0.717) is 23.4 Å². The Hall–Kier alpha value is -3.85. The van der Waals surface area contributed by atoms with Crippen LogP contribution in [0.5, 0.6) is 5.88 Å². The van der Waals surface area contributed by atoms with Crippen molar-refractivity contribution in [3.05, 3.63) is 78.0 Å². The SMILES string of the molecule is C[C@H]1CN([C@@H](C)CO)C(=O)c2cc(-c3ccccc3F)cnc2O[C@H]1CN(C)C(=O)c1ccccn1. The van der Waals surface area contributed by atoms with Crippen molar-refractivity contribution < 1.29 is 23.8 Å². The van der Waals surface area contributed by atoms with Crippen LogP contribution < -0.4 is 4.74 Å². The maximum Gasteiger partial charge on any atom is 0.272 e. The predicted octanol–water partition coefficient (Wildman–Crippen LogP) is 3.28. The van der Waals surface area contributed by atoms with Crippen LogP contribution in [0.25, 0.3) is 11.1 Å². The molecule has 0 aliphatic carbocycles. The number of ether oxygens (including phenoxy) is 1. The number of hydrogen-bond acceptors (Lipinski definition) is 6. The largest absolute Gasteiger partial charge is 0.472 e. The number of carbonyl (C=O) groups excluding carboxylic acids is 2. The molecular weight excluding hydrogens is 463 g/mol. The lowest BCUT2D eigenvalue weighted by Crippen LogP contribution is -2.50. The molecule has 36 heavy (non-hydrogen) atoms. The zero-order chi connectivity index (χ0) is 25.8. The lowest BCUT2D eigenvalue weighted by Gasteiger charge is -2.37. The first kappa shape index (κ1) is 25.2. The summed E-state index contributed by atoms with van der Waals surface area (Å²) in [5.74, 6) is -1.14. The molecule has 0 bridgehead atoms. The minimum absolute atomic E-state index is 0.102. The number of likely N-dealkylation sites (N-methyl/N-ethyl adjacent to an activating group) is 1. The van der Waals surface area contributed by atoms with E-state index < -0.39 is 18.0 Å². The summed E-state index contributed by atoms with van der Waals surface area (Å²) in [5.41, 5.74) is 1.24. The first-order valence-electron chi connectivity index (χ1n) is 11.8. The number of pyridine rings is 2. The van der Waals surface area contributed by atoms with Gasteiger partial charge in [0.2, 0.25) is 5.88 Å². The number of aliphatic hydroxyl groups excluding tert-OH is 1. The molecule has 2 amide bonds. The first-order valence-corrected chi connectivity index (χ1v) is 11.8. The van der Waals surface area contributed by atoms with E-state index in [2.05, 4.69) is 9.97 Å². The Morgan fingerprint density at radius 3 is 2.67 bits per heavy atom. The second kappa shape index (κ2) is 10.8. The summed E-state index contributed by atoms with van der Waals surface area (Å²) in [4.78, 5) is 38.1. The van der Waals surface area contributed by atoms with Gasteiger partial charge in [0.1, 0.15) is 23.2 Å². The van der Waals surface area contributed by atoms with Crippen LogP contribution in [0, 0.1) is 11.7 Å². The van der Waals surface area contributed by atoms with Crippen molar-refractivity contribution in [2.75, 3.05) is 26.7 Å². The number of fused-ring (bicyclic) bond motifs is 1. The molecule has 3 atom stereocenters. The molecule has 8 nitrogen and oxygen atoms in total. The van der Waals surface area contributed by atoms with E-state index >= 15 is 0 Å². The monoisotopic (exact) mass is 492 g/mol.